The quantitative estimate of drug-likeness (QED) is 0.0912. The Morgan fingerprint density at radius 1 is 0.548 bits per heavy atom. The van der Waals surface area contributed by atoms with Crippen LogP contribution in [0.2, 0.25) is 0 Å². The number of carbonyl (C=O) groups is 2. The number of anilines is 2. The summed E-state index contributed by atoms with van der Waals surface area (Å²) in [6.07, 6.45) is 0. The molecule has 4 heterocycles. The van der Waals surface area contributed by atoms with Crippen molar-refractivity contribution in [1.29, 1.82) is 0 Å². The van der Waals surface area contributed by atoms with Gasteiger partial charge in [0.15, 0.2) is 0 Å². The van der Waals surface area contributed by atoms with Crippen LogP contribution in [0.1, 0.15) is 43.2 Å². The Hall–Kier alpha value is -7.15. The summed E-state index contributed by atoms with van der Waals surface area (Å²) in [5.74, 6) is -0.0349. The van der Waals surface area contributed by atoms with E-state index in [1.807, 2.05) is 78.9 Å². The number of rotatable bonds is 4. The van der Waals surface area contributed by atoms with Crippen LogP contribution in [0.25, 0.3) is 32.9 Å². The van der Waals surface area contributed by atoms with Gasteiger partial charge in [-0.05, 0) is 92.9 Å². The number of phenols is 2. The van der Waals surface area contributed by atoms with Crippen LogP contribution in [-0.4, -0.2) is 68.9 Å². The minimum Gasteiger partial charge on any atom is -0.508 e. The van der Waals surface area contributed by atoms with E-state index >= 15 is 0 Å². The monoisotopic (exact) mass is 936 g/mol. The van der Waals surface area contributed by atoms with Gasteiger partial charge in [-0.2, -0.15) is 0 Å². The molecular weight excluding hydrogens is 898 g/mol. The Morgan fingerprint density at radius 2 is 0.984 bits per heavy atom. The first kappa shape index (κ1) is 41.6. The van der Waals surface area contributed by atoms with Crippen molar-refractivity contribution in [1.82, 2.24) is 29.7 Å². The molecule has 308 valence electrons. The second-order valence-electron chi connectivity index (χ2n) is 14.6. The average Bonchev–Trinajstić information content (AvgIpc) is 3.91. The van der Waals surface area contributed by atoms with E-state index in [9.17, 15) is 14.7 Å². The van der Waals surface area contributed by atoms with E-state index < -0.39 is 7.12 Å². The summed E-state index contributed by atoms with van der Waals surface area (Å²) in [6, 6.07) is 40.5. The molecule has 0 unspecified atom stereocenters. The summed E-state index contributed by atoms with van der Waals surface area (Å²) in [4.78, 5) is 46.9. The number of amides is 2. The number of aromatic nitrogens is 4. The van der Waals surface area contributed by atoms with Gasteiger partial charge in [-0.3, -0.25) is 9.59 Å². The van der Waals surface area contributed by atoms with Gasteiger partial charge in [0.2, 0.25) is 11.9 Å². The maximum absolute atomic E-state index is 13.3. The second kappa shape index (κ2) is 17.8. The molecule has 0 spiro atoms. The van der Waals surface area contributed by atoms with E-state index in [0.717, 1.165) is 25.6 Å². The zero-order valence-electron chi connectivity index (χ0n) is 32.9. The predicted octanol–water partition coefficient (Wildman–Crippen LogP) is 5.79. The molecule has 0 saturated carbocycles. The number of hydrogen-bond donors (Lipinski definition) is 6. The summed E-state index contributed by atoms with van der Waals surface area (Å²) < 4.78 is 1.03. The molecule has 0 aliphatic carbocycles. The average molecular weight is 937 g/mol. The molecule has 0 saturated heterocycles. The molecular formula is C46H38BIN8O6. The number of fused-ring (bicyclic) bond motifs is 4. The standard InChI is InChI=1S/C23H18N4O2.C17H13IN4O.C6H7BO3/c24-23-25-19-10-9-14(17-7-3-4-8-20(17)28)11-18(19)21(26-23)22(29)27-12-15-5-1-2-6-16(15)13-27;18-12-5-6-14-13(7-12)15(21-17(19)20-14)16(23)22-8-10-3-1-2-4-11(10)9-22;8-6-4-2-1-3-5(6)7(9)10/h1-11,28H,12-13H2,(H2,24,25,26);1-7H,8-9H2,(H2,19,20,21);1-4,8-10H. The molecule has 14 nitrogen and oxygen atoms in total. The van der Waals surface area contributed by atoms with Gasteiger partial charge in [-0.15, -0.1) is 0 Å². The minimum atomic E-state index is -1.60. The topological polar surface area (TPSA) is 225 Å². The lowest BCUT2D eigenvalue weighted by molar-refractivity contribution is 0.0741. The molecule has 2 amide bonds. The molecule has 8 N–H and O–H groups in total. The molecule has 62 heavy (non-hydrogen) atoms. The number of nitrogens with zero attached hydrogens (tertiary/aromatic N) is 6. The fraction of sp³-hybridized carbons (Fsp3) is 0.0870. The molecule has 10 rings (SSSR count). The maximum atomic E-state index is 13.3. The van der Waals surface area contributed by atoms with Gasteiger partial charge in [0.25, 0.3) is 11.8 Å². The van der Waals surface area contributed by atoms with Crippen molar-refractivity contribution < 1.29 is 29.9 Å². The van der Waals surface area contributed by atoms with Crippen molar-refractivity contribution in [3.63, 3.8) is 0 Å². The van der Waals surface area contributed by atoms with Crippen LogP contribution in [0.5, 0.6) is 11.5 Å². The van der Waals surface area contributed by atoms with Crippen LogP contribution in [0.15, 0.2) is 133 Å². The summed E-state index contributed by atoms with van der Waals surface area (Å²) in [6.45, 7) is 2.29. The molecule has 0 bridgehead atoms. The largest absolute Gasteiger partial charge is 0.508 e. The lowest BCUT2D eigenvalue weighted by atomic mass is 9.80. The zero-order valence-corrected chi connectivity index (χ0v) is 35.1. The first-order valence-electron chi connectivity index (χ1n) is 19.4. The Morgan fingerprint density at radius 3 is 1.45 bits per heavy atom. The zero-order chi connectivity index (χ0) is 43.5. The number of aromatic hydroxyl groups is 2. The molecule has 2 aliphatic rings. The molecule has 6 aromatic carbocycles. The number of nitrogen functional groups attached to an aromatic ring is 2. The van der Waals surface area contributed by atoms with E-state index in [1.54, 1.807) is 40.1 Å². The third-order valence-electron chi connectivity index (χ3n) is 10.5. The second-order valence-corrected chi connectivity index (χ2v) is 15.8. The molecule has 16 heteroatoms. The van der Waals surface area contributed by atoms with Crippen LogP contribution in [0.4, 0.5) is 11.9 Å². The third kappa shape index (κ3) is 8.83. The number of para-hydroxylation sites is 2. The van der Waals surface area contributed by atoms with Gasteiger partial charge in [-0.1, -0.05) is 91.0 Å². The van der Waals surface area contributed by atoms with E-state index in [0.29, 0.717) is 53.9 Å². The SMILES string of the molecule is Nc1nc(C(=O)N2Cc3ccccc3C2)c2cc(-c3ccccc3O)ccc2n1.Nc1nc(C(=O)N2Cc3ccccc3C2)c2cc(I)ccc2n1.OB(O)c1ccccc1O. The fourth-order valence-electron chi connectivity index (χ4n) is 7.44. The van der Waals surface area contributed by atoms with Crippen LogP contribution in [0, 0.1) is 3.57 Å². The first-order chi connectivity index (χ1) is 29.9. The number of halogens is 1. The Kier molecular flexibility index (Phi) is 12.0. The lowest BCUT2D eigenvalue weighted by Gasteiger charge is -2.16. The van der Waals surface area contributed by atoms with Crippen LogP contribution in [0.3, 0.4) is 0 Å². The Bertz CT molecular complexity index is 2960. The lowest BCUT2D eigenvalue weighted by Crippen LogP contribution is -2.29. The highest BCUT2D eigenvalue weighted by molar-refractivity contribution is 14.1. The van der Waals surface area contributed by atoms with Crippen LogP contribution < -0.4 is 16.9 Å². The highest BCUT2D eigenvalue weighted by Gasteiger charge is 2.28. The molecule has 0 fully saturated rings. The molecule has 2 aliphatic heterocycles. The molecule has 8 aromatic rings. The van der Waals surface area contributed by atoms with Crippen molar-refractivity contribution in [2.24, 2.45) is 0 Å². The third-order valence-corrected chi connectivity index (χ3v) is 11.2. The number of hydrogen-bond acceptors (Lipinski definition) is 12. The molecule has 2 aromatic heterocycles. The summed E-state index contributed by atoms with van der Waals surface area (Å²) >= 11 is 2.21. The van der Waals surface area contributed by atoms with Gasteiger partial charge >= 0.3 is 7.12 Å². The van der Waals surface area contributed by atoms with Gasteiger partial charge in [0.05, 0.1) is 11.0 Å². The number of benzene rings is 6. The van der Waals surface area contributed by atoms with E-state index in [-0.39, 0.29) is 46.4 Å². The van der Waals surface area contributed by atoms with E-state index in [1.165, 1.54) is 23.3 Å². The van der Waals surface area contributed by atoms with Crippen molar-refractivity contribution in [3.05, 3.63) is 171 Å². The van der Waals surface area contributed by atoms with Gasteiger partial charge in [-0.25, -0.2) is 19.9 Å². The van der Waals surface area contributed by atoms with Gasteiger partial charge in [0, 0.05) is 51.5 Å². The summed E-state index contributed by atoms with van der Waals surface area (Å²) in [5.41, 5.74) is 19.8. The van der Waals surface area contributed by atoms with Crippen molar-refractivity contribution in [3.8, 4) is 22.6 Å². The Balaban J connectivity index is 0.000000143. The van der Waals surface area contributed by atoms with Gasteiger partial charge in [0.1, 0.15) is 22.9 Å². The van der Waals surface area contributed by atoms with Crippen LogP contribution >= 0.6 is 22.6 Å². The van der Waals surface area contributed by atoms with E-state index in [2.05, 4.69) is 54.7 Å². The maximum Gasteiger partial charge on any atom is 0.492 e. The van der Waals surface area contributed by atoms with Crippen molar-refractivity contribution >= 4 is 80.7 Å². The number of nitrogens with two attached hydrogens (primary N) is 2. The fourth-order valence-corrected chi connectivity index (χ4v) is 7.93. The predicted molar refractivity (Wildman–Crippen MR) is 246 cm³/mol. The molecule has 0 radical (unpaired) electrons. The van der Waals surface area contributed by atoms with Crippen molar-refractivity contribution in [2.75, 3.05) is 11.5 Å². The summed E-state index contributed by atoms with van der Waals surface area (Å²) in [7, 11) is -1.60. The molecule has 0 atom stereocenters. The number of phenolic OH excluding ortho intramolecular Hbond substituents is 2. The van der Waals surface area contributed by atoms with Gasteiger partial charge < -0.3 is 41.5 Å². The van der Waals surface area contributed by atoms with Crippen LogP contribution in [-0.2, 0) is 26.2 Å². The Labute approximate surface area is 369 Å². The van der Waals surface area contributed by atoms with E-state index in [4.69, 9.17) is 26.6 Å². The minimum absolute atomic E-state index is 0.0628. The first-order valence-corrected chi connectivity index (χ1v) is 20.5. The smallest absolute Gasteiger partial charge is 0.492 e. The van der Waals surface area contributed by atoms with Crippen molar-refractivity contribution in [2.45, 2.75) is 26.2 Å². The highest BCUT2D eigenvalue weighted by atomic mass is 127. The summed E-state index contributed by atoms with van der Waals surface area (Å²) in [5, 5.41) is 37.7. The normalized spacial score (nSPS) is 12.5. The number of carbonyl (C=O) groups excluding carboxylic acids is 2. The highest BCUT2D eigenvalue weighted by Crippen LogP contribution is 2.33.